The monoisotopic (exact) mass is 328 g/mol. The van der Waals surface area contributed by atoms with Gasteiger partial charge in [-0.15, -0.1) is 6.58 Å². The van der Waals surface area contributed by atoms with Crippen molar-refractivity contribution < 1.29 is 4.79 Å². The van der Waals surface area contributed by atoms with E-state index in [-0.39, 0.29) is 5.91 Å². The van der Waals surface area contributed by atoms with Crippen LogP contribution < -0.4 is 0 Å². The third kappa shape index (κ3) is 2.51. The van der Waals surface area contributed by atoms with E-state index in [4.69, 9.17) is 12.2 Å². The predicted octanol–water partition coefficient (Wildman–Crippen LogP) is 4.05. The van der Waals surface area contributed by atoms with E-state index in [1.807, 2.05) is 18.2 Å². The first-order chi connectivity index (χ1) is 10.7. The smallest absolute Gasteiger partial charge is 0.266 e. The molecule has 0 aliphatic carbocycles. The highest BCUT2D eigenvalue weighted by atomic mass is 32.2. The van der Waals surface area contributed by atoms with E-state index in [9.17, 15) is 4.79 Å². The molecule has 0 spiro atoms. The summed E-state index contributed by atoms with van der Waals surface area (Å²) in [5.41, 5.74) is 2.23. The van der Waals surface area contributed by atoms with Gasteiger partial charge in [0.1, 0.15) is 4.32 Å². The van der Waals surface area contributed by atoms with Gasteiger partial charge >= 0.3 is 0 Å². The molecule has 1 aliphatic heterocycles. The highest BCUT2D eigenvalue weighted by Gasteiger charge is 2.31. The van der Waals surface area contributed by atoms with Crippen LogP contribution in [0, 0.1) is 0 Å². The van der Waals surface area contributed by atoms with E-state index in [1.54, 1.807) is 11.0 Å². The molecule has 5 heteroatoms. The van der Waals surface area contributed by atoms with Crippen molar-refractivity contribution in [2.24, 2.45) is 0 Å². The van der Waals surface area contributed by atoms with E-state index in [0.717, 1.165) is 17.5 Å². The average Bonchev–Trinajstić information content (AvgIpc) is 3.01. The molecule has 0 atom stereocenters. The molecule has 0 N–H and O–H groups in total. The first-order valence-corrected chi connectivity index (χ1v) is 8.32. The number of aromatic nitrogens is 1. The molecule has 22 heavy (non-hydrogen) atoms. The van der Waals surface area contributed by atoms with Gasteiger partial charge in [-0.2, -0.15) is 0 Å². The summed E-state index contributed by atoms with van der Waals surface area (Å²) in [5.74, 6) is -0.0387. The number of carbonyl (C=O) groups is 1. The molecule has 2 aromatic rings. The first kappa shape index (κ1) is 15.1. The van der Waals surface area contributed by atoms with Gasteiger partial charge in [0, 0.05) is 35.8 Å². The highest BCUT2D eigenvalue weighted by Crippen LogP contribution is 2.34. The van der Waals surface area contributed by atoms with E-state index < -0.39 is 0 Å². The number of para-hydroxylation sites is 1. The van der Waals surface area contributed by atoms with Crippen molar-refractivity contribution in [2.75, 3.05) is 6.54 Å². The van der Waals surface area contributed by atoms with E-state index in [1.165, 1.54) is 17.3 Å². The molecule has 0 bridgehead atoms. The summed E-state index contributed by atoms with van der Waals surface area (Å²) < 4.78 is 2.78. The second-order valence-electron chi connectivity index (χ2n) is 4.97. The summed E-state index contributed by atoms with van der Waals surface area (Å²) in [7, 11) is 0. The first-order valence-electron chi connectivity index (χ1n) is 7.09. The van der Waals surface area contributed by atoms with Crippen LogP contribution in [0.2, 0.25) is 0 Å². The van der Waals surface area contributed by atoms with Crippen molar-refractivity contribution in [3.63, 3.8) is 0 Å². The van der Waals surface area contributed by atoms with Crippen molar-refractivity contribution in [3.8, 4) is 0 Å². The normalized spacial score (nSPS) is 17.0. The summed E-state index contributed by atoms with van der Waals surface area (Å²) in [5, 5.41) is 1.15. The lowest BCUT2D eigenvalue weighted by molar-refractivity contribution is -0.121. The van der Waals surface area contributed by atoms with Crippen LogP contribution in [-0.4, -0.2) is 26.2 Å². The molecule has 1 aromatic carbocycles. The molecular formula is C17H16N2OS2. The molecule has 1 aliphatic rings. The summed E-state index contributed by atoms with van der Waals surface area (Å²) in [6, 6.07) is 8.22. The molecule has 1 fully saturated rings. The Morgan fingerprint density at radius 2 is 2.14 bits per heavy atom. The van der Waals surface area contributed by atoms with Crippen LogP contribution in [0.4, 0.5) is 0 Å². The SMILES string of the molecule is C=CCN1C(=O)/C(=C\c2cn(CC)c3ccccc23)SC1=S. The Kier molecular flexibility index (Phi) is 4.18. The van der Waals surface area contributed by atoms with Crippen LogP contribution >= 0.6 is 24.0 Å². The fourth-order valence-corrected chi connectivity index (χ4v) is 3.85. The average molecular weight is 328 g/mol. The van der Waals surface area contributed by atoms with Crippen LogP contribution in [0.5, 0.6) is 0 Å². The number of rotatable bonds is 4. The Morgan fingerprint density at radius 1 is 1.36 bits per heavy atom. The molecule has 0 saturated carbocycles. The van der Waals surface area contributed by atoms with Gasteiger partial charge in [-0.25, -0.2) is 0 Å². The highest BCUT2D eigenvalue weighted by molar-refractivity contribution is 8.26. The molecule has 0 unspecified atom stereocenters. The summed E-state index contributed by atoms with van der Waals surface area (Å²) >= 11 is 6.63. The number of hydrogen-bond donors (Lipinski definition) is 0. The van der Waals surface area contributed by atoms with Gasteiger partial charge in [0.05, 0.1) is 4.91 Å². The van der Waals surface area contributed by atoms with E-state index in [2.05, 4.69) is 36.4 Å². The van der Waals surface area contributed by atoms with Gasteiger partial charge in [-0.05, 0) is 19.1 Å². The fourth-order valence-electron chi connectivity index (χ4n) is 2.58. The number of hydrogen-bond acceptors (Lipinski definition) is 3. The van der Waals surface area contributed by atoms with Gasteiger partial charge in [0.15, 0.2) is 0 Å². The molecule has 0 radical (unpaired) electrons. The number of thioether (sulfide) groups is 1. The molecule has 1 amide bonds. The number of carbonyl (C=O) groups excluding carboxylic acids is 1. The van der Waals surface area contributed by atoms with Gasteiger partial charge < -0.3 is 4.57 Å². The molecular weight excluding hydrogens is 312 g/mol. The second kappa shape index (κ2) is 6.10. The van der Waals surface area contributed by atoms with Crippen LogP contribution in [-0.2, 0) is 11.3 Å². The van der Waals surface area contributed by atoms with Crippen molar-refractivity contribution in [1.29, 1.82) is 0 Å². The quantitative estimate of drug-likeness (QED) is 0.481. The maximum atomic E-state index is 12.4. The summed E-state index contributed by atoms with van der Waals surface area (Å²) in [4.78, 5) is 14.7. The molecule has 1 saturated heterocycles. The minimum atomic E-state index is -0.0387. The van der Waals surface area contributed by atoms with Crippen LogP contribution in [0.15, 0.2) is 48.0 Å². The standard InChI is InChI=1S/C17H16N2OS2/c1-3-9-19-16(20)15(22-17(19)21)10-12-11-18(4-2)14-8-6-5-7-13(12)14/h3,5-8,10-11H,1,4,9H2,2H3/b15-10+. The third-order valence-corrected chi connectivity index (χ3v) is 5.01. The third-order valence-electron chi connectivity index (χ3n) is 3.63. The van der Waals surface area contributed by atoms with Crippen molar-refractivity contribution in [3.05, 3.63) is 53.6 Å². The Bertz CT molecular complexity index is 804. The Balaban J connectivity index is 2.04. The maximum absolute atomic E-state index is 12.4. The lowest BCUT2D eigenvalue weighted by Crippen LogP contribution is -2.27. The molecule has 3 nitrogen and oxygen atoms in total. The van der Waals surface area contributed by atoms with Gasteiger partial charge in [0.25, 0.3) is 5.91 Å². The zero-order valence-electron chi connectivity index (χ0n) is 12.3. The lowest BCUT2D eigenvalue weighted by atomic mass is 10.1. The summed E-state index contributed by atoms with van der Waals surface area (Å²) in [6.45, 7) is 7.13. The minimum Gasteiger partial charge on any atom is -0.347 e. The Labute approximate surface area is 139 Å². The zero-order chi connectivity index (χ0) is 15.7. The number of amides is 1. The van der Waals surface area contributed by atoms with Crippen molar-refractivity contribution >= 4 is 51.2 Å². The zero-order valence-corrected chi connectivity index (χ0v) is 13.9. The lowest BCUT2D eigenvalue weighted by Gasteiger charge is -2.10. The minimum absolute atomic E-state index is 0.0387. The van der Waals surface area contributed by atoms with Crippen molar-refractivity contribution in [2.45, 2.75) is 13.5 Å². The largest absolute Gasteiger partial charge is 0.347 e. The summed E-state index contributed by atoms with van der Waals surface area (Å²) in [6.07, 6.45) is 5.72. The molecule has 3 rings (SSSR count). The van der Waals surface area contributed by atoms with Crippen molar-refractivity contribution in [1.82, 2.24) is 9.47 Å². The van der Waals surface area contributed by atoms with Crippen LogP contribution in [0.3, 0.4) is 0 Å². The number of nitrogens with zero attached hydrogens (tertiary/aromatic N) is 2. The van der Waals surface area contributed by atoms with Crippen LogP contribution in [0.1, 0.15) is 12.5 Å². The van der Waals surface area contributed by atoms with E-state index in [0.29, 0.717) is 15.8 Å². The van der Waals surface area contributed by atoms with E-state index >= 15 is 0 Å². The topological polar surface area (TPSA) is 25.2 Å². The maximum Gasteiger partial charge on any atom is 0.266 e. The number of benzene rings is 1. The Morgan fingerprint density at radius 3 is 2.86 bits per heavy atom. The fraction of sp³-hybridized carbons (Fsp3) is 0.176. The molecule has 2 heterocycles. The number of aryl methyl sites for hydroxylation is 1. The number of fused-ring (bicyclic) bond motifs is 1. The van der Waals surface area contributed by atoms with Gasteiger partial charge in [-0.1, -0.05) is 48.3 Å². The number of thiocarbonyl (C=S) groups is 1. The predicted molar refractivity (Wildman–Crippen MR) is 97.7 cm³/mol. The van der Waals surface area contributed by atoms with Gasteiger partial charge in [0.2, 0.25) is 0 Å². The van der Waals surface area contributed by atoms with Crippen LogP contribution in [0.25, 0.3) is 17.0 Å². The Hall–Kier alpha value is -1.85. The second-order valence-corrected chi connectivity index (χ2v) is 6.64. The van der Waals surface area contributed by atoms with Gasteiger partial charge in [-0.3, -0.25) is 9.69 Å². The molecule has 112 valence electrons. The molecule has 1 aromatic heterocycles.